The van der Waals surface area contributed by atoms with Gasteiger partial charge in [-0.25, -0.2) is 4.98 Å². The van der Waals surface area contributed by atoms with Gasteiger partial charge in [0.25, 0.3) is 5.56 Å². The van der Waals surface area contributed by atoms with Crippen molar-refractivity contribution in [2.45, 2.75) is 57.2 Å². The molecule has 1 aromatic carbocycles. The van der Waals surface area contributed by atoms with Crippen LogP contribution in [0.5, 0.6) is 0 Å². The number of nitrogens with zero attached hydrogens (tertiary/aromatic N) is 6. The second-order valence-electron chi connectivity index (χ2n) is 10.9. The van der Waals surface area contributed by atoms with E-state index in [1.54, 1.807) is 12.4 Å². The number of fused-ring (bicyclic) bond motifs is 1. The van der Waals surface area contributed by atoms with Gasteiger partial charge in [0.15, 0.2) is 0 Å². The molecule has 1 saturated heterocycles. The van der Waals surface area contributed by atoms with Crippen molar-refractivity contribution in [3.63, 3.8) is 0 Å². The smallest absolute Gasteiger partial charge is 0.351 e. The Kier molecular flexibility index (Phi) is 5.93. The predicted molar refractivity (Wildman–Crippen MR) is 136 cm³/mol. The third kappa shape index (κ3) is 4.03. The Labute approximate surface area is 217 Å². The van der Waals surface area contributed by atoms with E-state index in [2.05, 4.69) is 27.1 Å². The van der Waals surface area contributed by atoms with E-state index in [0.29, 0.717) is 11.6 Å². The average molecular weight is 526 g/mol. The molecule has 8 nitrogen and oxygen atoms in total. The quantitative estimate of drug-likeness (QED) is 0.413. The molecule has 200 valence electrons. The zero-order valence-corrected chi connectivity index (χ0v) is 21.4. The molecule has 6 rings (SSSR count). The minimum absolute atomic E-state index is 0.00445. The van der Waals surface area contributed by atoms with E-state index in [9.17, 15) is 18.0 Å². The highest BCUT2D eigenvalue weighted by atomic mass is 19.4. The summed E-state index contributed by atoms with van der Waals surface area (Å²) in [6.45, 7) is 3.77. The number of aromatic nitrogens is 6. The molecule has 1 aliphatic carbocycles. The van der Waals surface area contributed by atoms with Gasteiger partial charge in [-0.3, -0.25) is 14.3 Å². The van der Waals surface area contributed by atoms with Crippen LogP contribution < -0.4 is 5.56 Å². The highest BCUT2D eigenvalue weighted by molar-refractivity contribution is 5.80. The third-order valence-corrected chi connectivity index (χ3v) is 8.11. The van der Waals surface area contributed by atoms with Crippen molar-refractivity contribution in [2.75, 3.05) is 13.1 Å². The van der Waals surface area contributed by atoms with Gasteiger partial charge in [-0.1, -0.05) is 25.5 Å². The summed E-state index contributed by atoms with van der Waals surface area (Å²) < 4.78 is 45.7. The maximum Gasteiger partial charge on any atom is 0.420 e. The molecule has 38 heavy (non-hydrogen) atoms. The Bertz CT molecular complexity index is 1540. The predicted octanol–water partition coefficient (Wildman–Crippen LogP) is 4.56. The van der Waals surface area contributed by atoms with Crippen molar-refractivity contribution in [3.05, 3.63) is 69.9 Å². The van der Waals surface area contributed by atoms with E-state index in [1.165, 1.54) is 10.9 Å². The van der Waals surface area contributed by atoms with Crippen LogP contribution in [0.1, 0.15) is 61.7 Å². The summed E-state index contributed by atoms with van der Waals surface area (Å²) in [6, 6.07) is 7.55. The summed E-state index contributed by atoms with van der Waals surface area (Å²) in [4.78, 5) is 22.6. The van der Waals surface area contributed by atoms with Crippen molar-refractivity contribution < 1.29 is 13.2 Å². The molecule has 0 atom stereocenters. The highest BCUT2D eigenvalue weighted by Gasteiger charge is 2.48. The Balaban J connectivity index is 1.44. The number of hydrogen-bond acceptors (Lipinski definition) is 5. The maximum atomic E-state index is 14.1. The lowest BCUT2D eigenvalue weighted by Crippen LogP contribution is -2.43. The zero-order valence-electron chi connectivity index (χ0n) is 21.4. The maximum absolute atomic E-state index is 14.1. The Morgan fingerprint density at radius 2 is 1.89 bits per heavy atom. The molecule has 4 heterocycles. The monoisotopic (exact) mass is 525 g/mol. The number of H-pyrrole nitrogens is 1. The van der Waals surface area contributed by atoms with Crippen LogP contribution in [0.2, 0.25) is 0 Å². The molecule has 2 fully saturated rings. The molecule has 0 unspecified atom stereocenters. The summed E-state index contributed by atoms with van der Waals surface area (Å²) in [6.07, 6.45) is 3.03. The number of nitrogens with one attached hydrogen (secondary N) is 1. The molecule has 11 heteroatoms. The summed E-state index contributed by atoms with van der Waals surface area (Å²) in [5, 5.41) is 8.45. The molecular formula is C27H30F3N7O. The number of halogens is 3. The lowest BCUT2D eigenvalue weighted by molar-refractivity contribution is -0.137. The van der Waals surface area contributed by atoms with E-state index >= 15 is 0 Å². The van der Waals surface area contributed by atoms with Crippen LogP contribution in [-0.4, -0.2) is 47.3 Å². The lowest BCUT2D eigenvalue weighted by Gasteiger charge is -2.46. The van der Waals surface area contributed by atoms with Gasteiger partial charge in [-0.2, -0.15) is 13.2 Å². The van der Waals surface area contributed by atoms with Gasteiger partial charge in [0, 0.05) is 19.3 Å². The second kappa shape index (κ2) is 9.07. The Morgan fingerprint density at radius 1 is 1.13 bits per heavy atom. The number of alkyl halides is 3. The van der Waals surface area contributed by atoms with Crippen molar-refractivity contribution in [3.8, 4) is 5.69 Å². The van der Waals surface area contributed by atoms with Crippen LogP contribution in [0.15, 0.2) is 41.7 Å². The van der Waals surface area contributed by atoms with Crippen molar-refractivity contribution in [2.24, 2.45) is 13.0 Å². The number of hydrogen-bond donors (Lipinski definition) is 1. The largest absolute Gasteiger partial charge is 0.420 e. The van der Waals surface area contributed by atoms with Crippen LogP contribution in [0.3, 0.4) is 0 Å². The number of likely N-dealkylation sites (tertiary alicyclic amines) is 1. The Morgan fingerprint density at radius 3 is 2.55 bits per heavy atom. The van der Waals surface area contributed by atoms with Crippen molar-refractivity contribution >= 4 is 11.0 Å². The molecule has 2 aliphatic rings. The molecule has 0 radical (unpaired) electrons. The van der Waals surface area contributed by atoms with Crippen LogP contribution >= 0.6 is 0 Å². The van der Waals surface area contributed by atoms with E-state index in [1.807, 2.05) is 34.7 Å². The molecule has 1 N–H and O–H groups in total. The van der Waals surface area contributed by atoms with Gasteiger partial charge < -0.3 is 9.55 Å². The van der Waals surface area contributed by atoms with E-state index in [0.717, 1.165) is 56.6 Å². The summed E-state index contributed by atoms with van der Waals surface area (Å²) >= 11 is 0. The molecule has 1 aliphatic heterocycles. The minimum atomic E-state index is -4.63. The molecule has 0 spiro atoms. The Hall–Kier alpha value is -3.47. The summed E-state index contributed by atoms with van der Waals surface area (Å²) in [5.74, 6) is 1.37. The topological polar surface area (TPSA) is 84.6 Å². The van der Waals surface area contributed by atoms with Gasteiger partial charge in [-0.05, 0) is 62.4 Å². The number of aryl methyl sites for hydroxylation is 1. The van der Waals surface area contributed by atoms with Gasteiger partial charge in [0.1, 0.15) is 35.1 Å². The number of rotatable bonds is 5. The van der Waals surface area contributed by atoms with Gasteiger partial charge in [-0.15, -0.1) is 10.2 Å². The molecule has 0 amide bonds. The van der Waals surface area contributed by atoms with Crippen LogP contribution in [-0.2, 0) is 25.2 Å². The van der Waals surface area contributed by atoms with Crippen LogP contribution in [0, 0.1) is 5.92 Å². The first-order chi connectivity index (χ1) is 18.2. The summed E-state index contributed by atoms with van der Waals surface area (Å²) in [5.41, 5.74) is -0.663. The van der Waals surface area contributed by atoms with E-state index in [-0.39, 0.29) is 28.7 Å². The number of piperidine rings is 1. The molecule has 3 aromatic heterocycles. The standard InChI is InChI=1S/C27H30F3N7O/c1-17-12-26(13-17,25-34-32-16-35(25)2)18-7-6-8-19(11-18)37-15-31-22-21(27(28,29)30)20(33-23(22)24(37)38)14-36-9-4-3-5-10-36/h6-8,11,15-17,33H,3-5,9-10,12-14H2,1-2H3/t17-,26+. The summed E-state index contributed by atoms with van der Waals surface area (Å²) in [7, 11) is 1.91. The van der Waals surface area contributed by atoms with E-state index < -0.39 is 17.3 Å². The fraction of sp³-hybridized carbons (Fsp3) is 0.481. The molecule has 0 bridgehead atoms. The fourth-order valence-electron chi connectivity index (χ4n) is 6.41. The SMILES string of the molecule is Cn1cnnc1[C@]1(c2cccc(-n3cnc4c(C(F)(F)F)c(CN5CCCCC5)[nH]c4c3=O)c2)C[C@H](C)C1. The number of aromatic amines is 1. The first-order valence-corrected chi connectivity index (χ1v) is 13.0. The normalized spacial score (nSPS) is 22.6. The second-order valence-corrected chi connectivity index (χ2v) is 10.9. The fourth-order valence-corrected chi connectivity index (χ4v) is 6.41. The van der Waals surface area contributed by atoms with Crippen molar-refractivity contribution in [1.82, 2.24) is 34.2 Å². The highest BCUT2D eigenvalue weighted by Crippen LogP contribution is 2.51. The minimum Gasteiger partial charge on any atom is -0.351 e. The van der Waals surface area contributed by atoms with Crippen molar-refractivity contribution in [1.29, 1.82) is 0 Å². The third-order valence-electron chi connectivity index (χ3n) is 8.11. The van der Waals surface area contributed by atoms with Gasteiger partial charge >= 0.3 is 6.18 Å². The van der Waals surface area contributed by atoms with Gasteiger partial charge in [0.05, 0.1) is 11.1 Å². The van der Waals surface area contributed by atoms with Gasteiger partial charge in [0.2, 0.25) is 0 Å². The first kappa shape index (κ1) is 24.8. The average Bonchev–Trinajstić information content (AvgIpc) is 3.46. The zero-order chi connectivity index (χ0) is 26.7. The molecular weight excluding hydrogens is 495 g/mol. The van der Waals surface area contributed by atoms with Crippen LogP contribution in [0.25, 0.3) is 16.7 Å². The molecule has 4 aromatic rings. The van der Waals surface area contributed by atoms with Crippen LogP contribution in [0.4, 0.5) is 13.2 Å². The van der Waals surface area contributed by atoms with E-state index in [4.69, 9.17) is 0 Å². The lowest BCUT2D eigenvalue weighted by atomic mass is 9.58. The number of benzene rings is 1. The molecule has 1 saturated carbocycles. The first-order valence-electron chi connectivity index (χ1n) is 13.0.